The third kappa shape index (κ3) is 4.12. The Morgan fingerprint density at radius 3 is 2.69 bits per heavy atom. The molecule has 1 aliphatic rings. The van der Waals surface area contributed by atoms with Crippen LogP contribution in [-0.2, 0) is 11.2 Å². The molecule has 6 nitrogen and oxygen atoms in total. The van der Waals surface area contributed by atoms with E-state index in [0.29, 0.717) is 23.4 Å². The first-order valence-corrected chi connectivity index (χ1v) is 10.6. The average molecular weight is 436 g/mol. The number of furan rings is 1. The largest absolute Gasteiger partial charge is 0.463 e. The van der Waals surface area contributed by atoms with Gasteiger partial charge < -0.3 is 24.5 Å². The van der Waals surface area contributed by atoms with Gasteiger partial charge >= 0.3 is 0 Å². The Kier molecular flexibility index (Phi) is 6.06. The van der Waals surface area contributed by atoms with Gasteiger partial charge in [-0.05, 0) is 35.7 Å². The lowest BCUT2D eigenvalue weighted by Gasteiger charge is -2.40. The molecule has 3 heterocycles. The number of halogens is 1. The van der Waals surface area contributed by atoms with Crippen LogP contribution in [0.3, 0.4) is 0 Å². The summed E-state index contributed by atoms with van der Waals surface area (Å²) in [5.41, 5.74) is 1.54. The molecule has 1 aliphatic heterocycles. The molecule has 1 saturated heterocycles. The summed E-state index contributed by atoms with van der Waals surface area (Å²) in [6, 6.07) is 9.10. The Morgan fingerprint density at radius 1 is 1.14 bits per heavy atom. The van der Waals surface area contributed by atoms with Gasteiger partial charge in [0.05, 0.1) is 22.3 Å². The lowest BCUT2D eigenvalue weighted by molar-refractivity contribution is -0.225. The second-order valence-electron chi connectivity index (χ2n) is 7.10. The van der Waals surface area contributed by atoms with E-state index in [2.05, 4.69) is 4.98 Å². The number of thiazole rings is 1. The molecule has 0 bridgehead atoms. The highest BCUT2D eigenvalue weighted by atomic mass is 35.5. The van der Waals surface area contributed by atoms with Crippen molar-refractivity contribution in [2.24, 2.45) is 0 Å². The smallest absolute Gasteiger partial charge is 0.145 e. The van der Waals surface area contributed by atoms with Crippen LogP contribution < -0.4 is 0 Å². The molecule has 0 unspecified atom stereocenters. The van der Waals surface area contributed by atoms with Crippen LogP contribution in [0.2, 0.25) is 5.02 Å². The van der Waals surface area contributed by atoms with Crippen molar-refractivity contribution in [1.29, 1.82) is 0 Å². The SMILES string of the molecule is CC[C@H]1O[C@@H](c2ccc(Cl)c(Cc3ncc(-c4ccco4)s3)c2)[C@H](O)[C@@H](O)[C@@H]1O. The van der Waals surface area contributed by atoms with Crippen molar-refractivity contribution in [2.75, 3.05) is 0 Å². The van der Waals surface area contributed by atoms with Crippen LogP contribution in [0.15, 0.2) is 47.2 Å². The average Bonchev–Trinajstić information content (AvgIpc) is 3.40. The summed E-state index contributed by atoms with van der Waals surface area (Å²) in [6.45, 7) is 1.86. The molecular formula is C21H22ClNO5S. The molecule has 29 heavy (non-hydrogen) atoms. The summed E-state index contributed by atoms with van der Waals surface area (Å²) in [7, 11) is 0. The van der Waals surface area contributed by atoms with E-state index in [0.717, 1.165) is 21.2 Å². The fraction of sp³-hybridized carbons (Fsp3) is 0.381. The van der Waals surface area contributed by atoms with Crippen LogP contribution in [0.25, 0.3) is 10.6 Å². The maximum atomic E-state index is 10.4. The second kappa shape index (κ2) is 8.55. The lowest BCUT2D eigenvalue weighted by Crippen LogP contribution is -2.53. The maximum absolute atomic E-state index is 10.4. The minimum atomic E-state index is -1.27. The van der Waals surface area contributed by atoms with Crippen LogP contribution in [0.5, 0.6) is 0 Å². The van der Waals surface area contributed by atoms with E-state index < -0.39 is 30.5 Å². The van der Waals surface area contributed by atoms with Gasteiger partial charge in [-0.25, -0.2) is 4.98 Å². The number of hydrogen-bond acceptors (Lipinski definition) is 7. The molecule has 0 spiro atoms. The molecular weight excluding hydrogens is 414 g/mol. The van der Waals surface area contributed by atoms with Gasteiger partial charge in [0, 0.05) is 17.6 Å². The molecule has 0 amide bonds. The summed E-state index contributed by atoms with van der Waals surface area (Å²) in [5.74, 6) is 0.769. The van der Waals surface area contributed by atoms with E-state index in [1.54, 1.807) is 24.6 Å². The molecule has 154 valence electrons. The molecule has 2 aromatic heterocycles. The molecule has 0 radical (unpaired) electrons. The van der Waals surface area contributed by atoms with Crippen molar-refractivity contribution in [3.63, 3.8) is 0 Å². The molecule has 5 atom stereocenters. The van der Waals surface area contributed by atoms with Crippen molar-refractivity contribution < 1.29 is 24.5 Å². The number of rotatable bonds is 5. The number of aromatic nitrogens is 1. The third-order valence-electron chi connectivity index (χ3n) is 5.17. The normalized spacial score (nSPS) is 27.3. The Bertz CT molecular complexity index is 958. The van der Waals surface area contributed by atoms with E-state index in [1.165, 1.54) is 11.3 Å². The summed E-state index contributed by atoms with van der Waals surface area (Å²) in [4.78, 5) is 5.40. The van der Waals surface area contributed by atoms with E-state index in [-0.39, 0.29) is 0 Å². The van der Waals surface area contributed by atoms with E-state index in [4.69, 9.17) is 20.8 Å². The Balaban J connectivity index is 1.58. The van der Waals surface area contributed by atoms with Crippen molar-refractivity contribution >= 4 is 22.9 Å². The van der Waals surface area contributed by atoms with Gasteiger partial charge in [0.1, 0.15) is 30.2 Å². The number of aliphatic hydroxyl groups excluding tert-OH is 3. The first-order valence-electron chi connectivity index (χ1n) is 9.44. The highest BCUT2D eigenvalue weighted by Gasteiger charge is 2.43. The van der Waals surface area contributed by atoms with Gasteiger partial charge in [0.25, 0.3) is 0 Å². The Morgan fingerprint density at radius 2 is 1.97 bits per heavy atom. The summed E-state index contributed by atoms with van der Waals surface area (Å²) in [6.07, 6.45) is -0.474. The molecule has 1 aromatic carbocycles. The summed E-state index contributed by atoms with van der Waals surface area (Å²) < 4.78 is 11.3. The molecule has 3 aromatic rings. The summed E-state index contributed by atoms with van der Waals surface area (Å²) >= 11 is 7.92. The molecule has 0 saturated carbocycles. The van der Waals surface area contributed by atoms with Gasteiger partial charge in [-0.3, -0.25) is 0 Å². The van der Waals surface area contributed by atoms with E-state index >= 15 is 0 Å². The lowest BCUT2D eigenvalue weighted by atomic mass is 9.89. The van der Waals surface area contributed by atoms with Crippen LogP contribution in [0.4, 0.5) is 0 Å². The fourth-order valence-corrected chi connectivity index (χ4v) is 4.65. The van der Waals surface area contributed by atoms with Crippen LogP contribution in [0, 0.1) is 0 Å². The van der Waals surface area contributed by atoms with Crippen LogP contribution in [0.1, 0.15) is 35.6 Å². The molecule has 3 N–H and O–H groups in total. The van der Waals surface area contributed by atoms with Crippen molar-refractivity contribution in [2.45, 2.75) is 50.3 Å². The molecule has 4 rings (SSSR count). The van der Waals surface area contributed by atoms with Crippen molar-refractivity contribution in [3.8, 4) is 10.6 Å². The first kappa shape index (κ1) is 20.5. The predicted molar refractivity (Wildman–Crippen MR) is 110 cm³/mol. The van der Waals surface area contributed by atoms with Gasteiger partial charge in [-0.15, -0.1) is 11.3 Å². The topological polar surface area (TPSA) is 96.0 Å². The molecule has 8 heteroatoms. The number of benzene rings is 1. The highest BCUT2D eigenvalue weighted by Crippen LogP contribution is 2.36. The number of aliphatic hydroxyl groups is 3. The Hall–Kier alpha value is -1.74. The second-order valence-corrected chi connectivity index (χ2v) is 8.62. The Labute approximate surface area is 177 Å². The van der Waals surface area contributed by atoms with Gasteiger partial charge in [0.15, 0.2) is 0 Å². The fourth-order valence-electron chi connectivity index (χ4n) is 3.56. The number of nitrogens with zero attached hydrogens (tertiary/aromatic N) is 1. The maximum Gasteiger partial charge on any atom is 0.145 e. The zero-order valence-electron chi connectivity index (χ0n) is 15.7. The van der Waals surface area contributed by atoms with Gasteiger partial charge in [-0.1, -0.05) is 30.7 Å². The van der Waals surface area contributed by atoms with Crippen molar-refractivity contribution in [3.05, 3.63) is 63.9 Å². The standard InChI is InChI=1S/C21H22ClNO5S/c1-2-14-18(24)19(25)20(26)21(28-14)11-5-6-13(22)12(8-11)9-17-23-10-16(29-17)15-4-3-7-27-15/h3-8,10,14,18-21,24-26H,2,9H2,1H3/t14-,18-,19+,20-,21+/m1/s1. The minimum absolute atomic E-state index is 0.517. The first-order chi connectivity index (χ1) is 14.0. The molecule has 0 aliphatic carbocycles. The number of hydrogen-bond donors (Lipinski definition) is 3. The zero-order chi connectivity index (χ0) is 20.5. The van der Waals surface area contributed by atoms with Crippen LogP contribution >= 0.6 is 22.9 Å². The van der Waals surface area contributed by atoms with Gasteiger partial charge in [-0.2, -0.15) is 0 Å². The predicted octanol–water partition coefficient (Wildman–Crippen LogP) is 3.58. The van der Waals surface area contributed by atoms with Crippen molar-refractivity contribution in [1.82, 2.24) is 4.98 Å². The van der Waals surface area contributed by atoms with Gasteiger partial charge in [0.2, 0.25) is 0 Å². The highest BCUT2D eigenvalue weighted by molar-refractivity contribution is 7.15. The van der Waals surface area contributed by atoms with Crippen LogP contribution in [-0.4, -0.2) is 44.7 Å². The summed E-state index contributed by atoms with van der Waals surface area (Å²) in [5, 5.41) is 32.2. The molecule has 1 fully saturated rings. The monoisotopic (exact) mass is 435 g/mol. The minimum Gasteiger partial charge on any atom is -0.463 e. The quantitative estimate of drug-likeness (QED) is 0.567. The van der Waals surface area contributed by atoms with E-state index in [1.807, 2.05) is 25.1 Å². The van der Waals surface area contributed by atoms with E-state index in [9.17, 15) is 15.3 Å². The number of ether oxygens (including phenoxy) is 1. The zero-order valence-corrected chi connectivity index (χ0v) is 17.3. The third-order valence-corrected chi connectivity index (χ3v) is 6.55.